The molecule has 0 aliphatic carbocycles. The van der Waals surface area contributed by atoms with Gasteiger partial charge in [0.25, 0.3) is 11.8 Å². The van der Waals surface area contributed by atoms with Crippen LogP contribution in [0.4, 0.5) is 5.69 Å². The highest BCUT2D eigenvalue weighted by atomic mass is 79.9. The molecule has 5 rings (SSSR count). The number of rotatable bonds is 6. The Labute approximate surface area is 216 Å². The quantitative estimate of drug-likeness (QED) is 0.465. The van der Waals surface area contributed by atoms with Gasteiger partial charge in [0.1, 0.15) is 17.5 Å². The van der Waals surface area contributed by atoms with Gasteiger partial charge in [-0.2, -0.15) is 0 Å². The van der Waals surface area contributed by atoms with E-state index in [1.54, 1.807) is 55.6 Å². The molecule has 0 radical (unpaired) electrons. The third-order valence-corrected chi connectivity index (χ3v) is 6.90. The van der Waals surface area contributed by atoms with Crippen molar-refractivity contribution in [3.8, 4) is 11.5 Å². The van der Waals surface area contributed by atoms with Crippen LogP contribution >= 0.6 is 15.9 Å². The molecule has 0 spiro atoms. The summed E-state index contributed by atoms with van der Waals surface area (Å²) in [4.78, 5) is 42.3. The summed E-state index contributed by atoms with van der Waals surface area (Å²) in [7, 11) is 1.55. The number of hydrogen-bond acceptors (Lipinski definition) is 6. The lowest BCUT2D eigenvalue weighted by Crippen LogP contribution is -2.48. The Morgan fingerprint density at radius 2 is 1.75 bits per heavy atom. The van der Waals surface area contributed by atoms with Gasteiger partial charge in [-0.25, -0.2) is 10.3 Å². The van der Waals surface area contributed by atoms with Crippen molar-refractivity contribution < 1.29 is 23.9 Å². The number of fused-ring (bicyclic) bond motifs is 1. The molecular formula is C27H24BrN3O5. The summed E-state index contributed by atoms with van der Waals surface area (Å²) in [6, 6.07) is 19.3. The average Bonchev–Trinajstić information content (AvgIpc) is 3.40. The highest BCUT2D eigenvalue weighted by Gasteiger charge is 2.60. The van der Waals surface area contributed by atoms with Crippen molar-refractivity contribution in [3.63, 3.8) is 0 Å². The predicted molar refractivity (Wildman–Crippen MR) is 137 cm³/mol. The van der Waals surface area contributed by atoms with Crippen LogP contribution in [-0.4, -0.2) is 42.5 Å². The van der Waals surface area contributed by atoms with E-state index in [2.05, 4.69) is 21.4 Å². The fourth-order valence-electron chi connectivity index (χ4n) is 4.83. The lowest BCUT2D eigenvalue weighted by Gasteiger charge is -2.25. The number of carbonyl (C=O) groups excluding carboxylic acids is 3. The maximum Gasteiger partial charge on any atom is 0.268 e. The summed E-state index contributed by atoms with van der Waals surface area (Å²) in [6.45, 7) is 2.38. The van der Waals surface area contributed by atoms with Gasteiger partial charge in [0.05, 0.1) is 31.4 Å². The van der Waals surface area contributed by atoms with Gasteiger partial charge in [-0.05, 0) is 55.5 Å². The Morgan fingerprint density at radius 3 is 2.44 bits per heavy atom. The van der Waals surface area contributed by atoms with Crippen LogP contribution in [0.1, 0.15) is 28.9 Å². The number of benzene rings is 3. The van der Waals surface area contributed by atoms with E-state index in [9.17, 15) is 14.4 Å². The summed E-state index contributed by atoms with van der Waals surface area (Å²) < 4.78 is 11.8. The van der Waals surface area contributed by atoms with Gasteiger partial charge in [0, 0.05) is 15.6 Å². The van der Waals surface area contributed by atoms with Gasteiger partial charge in [-0.15, -0.1) is 0 Å². The van der Waals surface area contributed by atoms with Gasteiger partial charge < -0.3 is 9.47 Å². The van der Waals surface area contributed by atoms with E-state index in [4.69, 9.17) is 9.47 Å². The molecule has 0 saturated carbocycles. The lowest BCUT2D eigenvalue weighted by molar-refractivity contribution is -0.123. The molecule has 184 valence electrons. The smallest absolute Gasteiger partial charge is 0.268 e. The number of hydrazine groups is 1. The molecule has 9 heteroatoms. The van der Waals surface area contributed by atoms with Gasteiger partial charge in [0.15, 0.2) is 0 Å². The molecule has 3 aromatic carbocycles. The maximum absolute atomic E-state index is 13.8. The molecule has 2 saturated heterocycles. The number of amides is 3. The second-order valence-corrected chi connectivity index (χ2v) is 9.36. The van der Waals surface area contributed by atoms with Crippen LogP contribution in [-0.2, 0) is 9.59 Å². The molecule has 1 N–H and O–H groups in total. The zero-order valence-corrected chi connectivity index (χ0v) is 21.3. The number of imide groups is 1. The number of halogens is 1. The van der Waals surface area contributed by atoms with E-state index in [1.807, 2.05) is 31.2 Å². The minimum atomic E-state index is -1.02. The monoisotopic (exact) mass is 549 g/mol. The SMILES string of the molecule is CCOc1ccc(N2C(=O)[C@@H]3[C@@H](c4ccccc4OC)NN(C(=O)c4cccc(Br)c4)[C@@H]3C2=O)cc1. The largest absolute Gasteiger partial charge is 0.496 e. The van der Waals surface area contributed by atoms with E-state index in [1.165, 1.54) is 5.01 Å². The molecule has 0 bridgehead atoms. The molecular weight excluding hydrogens is 526 g/mol. The molecule has 0 aromatic heterocycles. The summed E-state index contributed by atoms with van der Waals surface area (Å²) >= 11 is 3.39. The number of nitrogens with zero attached hydrogens (tertiary/aromatic N) is 2. The molecule has 3 atom stereocenters. The second kappa shape index (κ2) is 9.75. The first kappa shape index (κ1) is 24.0. The zero-order valence-electron chi connectivity index (χ0n) is 19.7. The van der Waals surface area contributed by atoms with Crippen LogP contribution in [0.2, 0.25) is 0 Å². The minimum absolute atomic E-state index is 0.385. The molecule has 36 heavy (non-hydrogen) atoms. The Bertz CT molecular complexity index is 1330. The summed E-state index contributed by atoms with van der Waals surface area (Å²) in [5.74, 6) is -0.898. The van der Waals surface area contributed by atoms with Crippen molar-refractivity contribution in [3.05, 3.63) is 88.4 Å². The molecule has 3 aromatic rings. The van der Waals surface area contributed by atoms with Gasteiger partial charge >= 0.3 is 0 Å². The van der Waals surface area contributed by atoms with Gasteiger partial charge in [-0.1, -0.05) is 40.2 Å². The van der Waals surface area contributed by atoms with Crippen molar-refractivity contribution in [2.45, 2.75) is 19.0 Å². The predicted octanol–water partition coefficient (Wildman–Crippen LogP) is 4.12. The highest BCUT2D eigenvalue weighted by molar-refractivity contribution is 9.10. The second-order valence-electron chi connectivity index (χ2n) is 8.44. The fraction of sp³-hybridized carbons (Fsp3) is 0.222. The maximum atomic E-state index is 13.8. The number of carbonyl (C=O) groups is 3. The third-order valence-electron chi connectivity index (χ3n) is 6.40. The van der Waals surface area contributed by atoms with Crippen molar-refractivity contribution in [1.82, 2.24) is 10.4 Å². The Hall–Kier alpha value is -3.69. The van der Waals surface area contributed by atoms with Crippen LogP contribution in [0.25, 0.3) is 0 Å². The van der Waals surface area contributed by atoms with Crippen LogP contribution in [0, 0.1) is 5.92 Å². The Morgan fingerprint density at radius 1 is 1.00 bits per heavy atom. The van der Waals surface area contributed by atoms with Crippen LogP contribution in [0.3, 0.4) is 0 Å². The number of anilines is 1. The molecule has 3 amide bonds. The Balaban J connectivity index is 1.57. The highest BCUT2D eigenvalue weighted by Crippen LogP contribution is 2.44. The van der Waals surface area contributed by atoms with E-state index in [0.29, 0.717) is 34.9 Å². The number of nitrogens with one attached hydrogen (secondary N) is 1. The third kappa shape index (κ3) is 4.04. The molecule has 2 aliphatic rings. The normalized spacial score (nSPS) is 21.0. The minimum Gasteiger partial charge on any atom is -0.496 e. The summed E-state index contributed by atoms with van der Waals surface area (Å²) in [6.07, 6.45) is 0. The molecule has 0 unspecified atom stereocenters. The van der Waals surface area contributed by atoms with Crippen LogP contribution < -0.4 is 19.8 Å². The number of hydrogen-bond donors (Lipinski definition) is 1. The topological polar surface area (TPSA) is 88.2 Å². The van der Waals surface area contributed by atoms with E-state index >= 15 is 0 Å². The van der Waals surface area contributed by atoms with Gasteiger partial charge in [-0.3, -0.25) is 19.4 Å². The van der Waals surface area contributed by atoms with Crippen LogP contribution in [0.5, 0.6) is 11.5 Å². The van der Waals surface area contributed by atoms with Crippen molar-refractivity contribution >= 4 is 39.3 Å². The fourth-order valence-corrected chi connectivity index (χ4v) is 5.23. The number of methoxy groups -OCH3 is 1. The first-order valence-electron chi connectivity index (χ1n) is 11.5. The number of para-hydroxylation sites is 1. The number of ether oxygens (including phenoxy) is 2. The molecule has 8 nitrogen and oxygen atoms in total. The first-order chi connectivity index (χ1) is 17.4. The van der Waals surface area contributed by atoms with Crippen molar-refractivity contribution in [2.24, 2.45) is 5.92 Å². The molecule has 2 aliphatic heterocycles. The molecule has 2 fully saturated rings. The lowest BCUT2D eigenvalue weighted by atomic mass is 9.90. The summed E-state index contributed by atoms with van der Waals surface area (Å²) in [5.41, 5.74) is 4.66. The average molecular weight is 550 g/mol. The standard InChI is InChI=1S/C27H24BrN3O5/c1-3-36-19-13-11-18(12-14-19)30-26(33)22-23(20-9-4-5-10-21(20)35-2)29-31(24(22)27(30)34)25(32)16-7-6-8-17(28)15-16/h4-15,22-24,29H,3H2,1-2H3/t22-,23-,24+/m1/s1. The van der Waals surface area contributed by atoms with E-state index in [-0.39, 0.29) is 5.91 Å². The first-order valence-corrected chi connectivity index (χ1v) is 12.3. The van der Waals surface area contributed by atoms with Crippen LogP contribution in [0.15, 0.2) is 77.3 Å². The van der Waals surface area contributed by atoms with E-state index < -0.39 is 29.8 Å². The van der Waals surface area contributed by atoms with Crippen molar-refractivity contribution in [2.75, 3.05) is 18.6 Å². The summed E-state index contributed by atoms with van der Waals surface area (Å²) in [5, 5.41) is 1.29. The molecule has 2 heterocycles. The Kier molecular flexibility index (Phi) is 6.51. The van der Waals surface area contributed by atoms with Crippen molar-refractivity contribution in [1.29, 1.82) is 0 Å². The zero-order chi connectivity index (χ0) is 25.4. The van der Waals surface area contributed by atoms with Gasteiger partial charge in [0.2, 0.25) is 5.91 Å². The van der Waals surface area contributed by atoms with E-state index in [0.717, 1.165) is 9.37 Å².